The third-order valence-corrected chi connectivity index (χ3v) is 6.14. The molecule has 3 aromatic rings. The van der Waals surface area contributed by atoms with Crippen LogP contribution in [0, 0.1) is 24.0 Å². The van der Waals surface area contributed by atoms with Gasteiger partial charge >= 0.3 is 17.6 Å². The van der Waals surface area contributed by atoms with Crippen LogP contribution in [0.1, 0.15) is 68.2 Å². The second-order valence-corrected chi connectivity index (χ2v) is 9.19. The molecule has 0 saturated heterocycles. The van der Waals surface area contributed by atoms with Gasteiger partial charge < -0.3 is 23.9 Å². The van der Waals surface area contributed by atoms with Gasteiger partial charge in [-0.05, 0) is 63.9 Å². The molecule has 3 rings (SSSR count). The van der Waals surface area contributed by atoms with E-state index in [9.17, 15) is 24.5 Å². The zero-order valence-corrected chi connectivity index (χ0v) is 21.7. The van der Waals surface area contributed by atoms with Gasteiger partial charge in [-0.25, -0.2) is 9.59 Å². The summed E-state index contributed by atoms with van der Waals surface area (Å²) in [5.41, 5.74) is 0.910. The van der Waals surface area contributed by atoms with Crippen LogP contribution in [-0.4, -0.2) is 35.5 Å². The Labute approximate surface area is 216 Å². The second-order valence-electron chi connectivity index (χ2n) is 8.17. The number of thiophene rings is 1. The largest absolute Gasteiger partial charge is 0.479 e. The van der Waals surface area contributed by atoms with E-state index in [2.05, 4.69) is 5.32 Å². The Balaban J connectivity index is 1.80. The second kappa shape index (κ2) is 11.7. The summed E-state index contributed by atoms with van der Waals surface area (Å²) in [4.78, 5) is 48.9. The third kappa shape index (κ3) is 6.53. The Kier molecular flexibility index (Phi) is 8.66. The van der Waals surface area contributed by atoms with E-state index >= 15 is 0 Å². The fourth-order valence-electron chi connectivity index (χ4n) is 3.29. The molecule has 0 aliphatic rings. The maximum Gasteiger partial charge on any atom is 0.348 e. The van der Waals surface area contributed by atoms with E-state index < -0.39 is 28.9 Å². The van der Waals surface area contributed by atoms with Gasteiger partial charge in [-0.2, -0.15) is 0 Å². The molecule has 37 heavy (non-hydrogen) atoms. The number of amides is 1. The normalized spacial score (nSPS) is 10.8. The van der Waals surface area contributed by atoms with Crippen molar-refractivity contribution in [1.82, 2.24) is 0 Å². The number of anilines is 1. The topological polar surface area (TPSA) is 147 Å². The van der Waals surface area contributed by atoms with Crippen LogP contribution in [0.25, 0.3) is 0 Å². The number of nitrogens with zero attached hydrogens (tertiary/aromatic N) is 1. The molecule has 1 aromatic carbocycles. The highest BCUT2D eigenvalue weighted by atomic mass is 32.1. The minimum absolute atomic E-state index is 0.0527. The average Bonchev–Trinajstić information content (AvgIpc) is 3.42. The van der Waals surface area contributed by atoms with Gasteiger partial charge in [-0.1, -0.05) is 6.07 Å². The van der Waals surface area contributed by atoms with Gasteiger partial charge in [0, 0.05) is 6.07 Å². The molecule has 0 atom stereocenters. The van der Waals surface area contributed by atoms with Gasteiger partial charge in [0.25, 0.3) is 5.91 Å². The Hall–Kier alpha value is -4.19. The first-order valence-electron chi connectivity index (χ1n) is 11.3. The lowest BCUT2D eigenvalue weighted by Gasteiger charge is -2.10. The van der Waals surface area contributed by atoms with Gasteiger partial charge in [0.05, 0.1) is 23.2 Å². The number of rotatable bonds is 10. The van der Waals surface area contributed by atoms with E-state index in [4.69, 9.17) is 18.6 Å². The smallest absolute Gasteiger partial charge is 0.348 e. The first kappa shape index (κ1) is 27.4. The first-order chi connectivity index (χ1) is 17.5. The molecule has 196 valence electrons. The maximum atomic E-state index is 12.9. The van der Waals surface area contributed by atoms with Gasteiger partial charge in [-0.3, -0.25) is 14.9 Å². The summed E-state index contributed by atoms with van der Waals surface area (Å²) < 4.78 is 21.4. The zero-order chi connectivity index (χ0) is 27.3. The number of nitrogens with one attached hydrogen (secondary N) is 1. The van der Waals surface area contributed by atoms with Crippen molar-refractivity contribution in [2.24, 2.45) is 0 Å². The number of nitro groups is 1. The van der Waals surface area contributed by atoms with E-state index in [0.717, 1.165) is 11.3 Å². The van der Waals surface area contributed by atoms with Crippen LogP contribution < -0.4 is 10.1 Å². The molecule has 0 bridgehead atoms. The standard InChI is InChI=1S/C25H26N2O9S/c1-6-33-25(30)21-15(5)20(24(29)35-13(2)3)23(37-21)26-22(28)19-10-8-16(36-19)12-34-18-9-7-14(4)11-17(18)27(31)32/h7-11,13H,6,12H2,1-5H3,(H,26,28). The van der Waals surface area contributed by atoms with Gasteiger partial charge in [-0.15, -0.1) is 11.3 Å². The van der Waals surface area contributed by atoms with Crippen LogP contribution in [0.2, 0.25) is 0 Å². The first-order valence-corrected chi connectivity index (χ1v) is 12.1. The summed E-state index contributed by atoms with van der Waals surface area (Å²) in [7, 11) is 0. The number of aryl methyl sites for hydroxylation is 1. The van der Waals surface area contributed by atoms with Crippen molar-refractivity contribution in [3.63, 3.8) is 0 Å². The maximum absolute atomic E-state index is 12.9. The van der Waals surface area contributed by atoms with Gasteiger partial charge in [0.15, 0.2) is 11.5 Å². The van der Waals surface area contributed by atoms with Crippen LogP contribution in [0.4, 0.5) is 10.7 Å². The molecule has 0 unspecified atom stereocenters. The van der Waals surface area contributed by atoms with Crippen molar-refractivity contribution in [2.45, 2.75) is 47.3 Å². The molecule has 0 saturated carbocycles. The number of hydrogen-bond acceptors (Lipinski definition) is 10. The van der Waals surface area contributed by atoms with Crippen LogP contribution in [0.15, 0.2) is 34.7 Å². The highest BCUT2D eigenvalue weighted by molar-refractivity contribution is 7.18. The fraction of sp³-hybridized carbons (Fsp3) is 0.320. The van der Waals surface area contributed by atoms with E-state index in [1.807, 2.05) is 0 Å². The molecule has 2 aromatic heterocycles. The number of esters is 2. The van der Waals surface area contributed by atoms with Crippen molar-refractivity contribution in [3.8, 4) is 5.75 Å². The lowest BCUT2D eigenvalue weighted by molar-refractivity contribution is -0.386. The Morgan fingerprint density at radius 3 is 2.51 bits per heavy atom. The van der Waals surface area contributed by atoms with E-state index in [-0.39, 0.29) is 51.6 Å². The molecule has 0 aliphatic heterocycles. The van der Waals surface area contributed by atoms with Crippen molar-refractivity contribution in [2.75, 3.05) is 11.9 Å². The summed E-state index contributed by atoms with van der Waals surface area (Å²) in [6.45, 7) is 8.31. The molecule has 0 fully saturated rings. The van der Waals surface area contributed by atoms with Crippen LogP contribution in [0.3, 0.4) is 0 Å². The summed E-state index contributed by atoms with van der Waals surface area (Å²) in [5, 5.41) is 14.0. The minimum Gasteiger partial charge on any atom is -0.479 e. The average molecular weight is 531 g/mol. The van der Waals surface area contributed by atoms with Crippen molar-refractivity contribution < 1.29 is 37.9 Å². The van der Waals surface area contributed by atoms with Crippen LogP contribution in [0.5, 0.6) is 5.75 Å². The third-order valence-electron chi connectivity index (χ3n) is 4.95. The fourth-order valence-corrected chi connectivity index (χ4v) is 4.38. The quantitative estimate of drug-likeness (QED) is 0.205. The summed E-state index contributed by atoms with van der Waals surface area (Å²) in [5.74, 6) is -1.78. The Morgan fingerprint density at radius 1 is 1.14 bits per heavy atom. The Morgan fingerprint density at radius 2 is 1.86 bits per heavy atom. The molecule has 11 nitrogen and oxygen atoms in total. The zero-order valence-electron chi connectivity index (χ0n) is 20.9. The van der Waals surface area contributed by atoms with Crippen molar-refractivity contribution in [1.29, 1.82) is 0 Å². The number of benzene rings is 1. The number of furan rings is 1. The molecule has 12 heteroatoms. The van der Waals surface area contributed by atoms with Gasteiger partial charge in [0.2, 0.25) is 0 Å². The lowest BCUT2D eigenvalue weighted by atomic mass is 10.1. The Bertz CT molecular complexity index is 1340. The summed E-state index contributed by atoms with van der Waals surface area (Å²) in [6.07, 6.45) is -0.418. The molecular weight excluding hydrogens is 504 g/mol. The van der Waals surface area contributed by atoms with Gasteiger partial charge in [0.1, 0.15) is 22.2 Å². The summed E-state index contributed by atoms with van der Waals surface area (Å²) in [6, 6.07) is 7.45. The van der Waals surface area contributed by atoms with Crippen LogP contribution in [-0.2, 0) is 16.1 Å². The predicted octanol–water partition coefficient (Wildman–Crippen LogP) is 5.44. The molecule has 2 heterocycles. The van der Waals surface area contributed by atoms with Crippen LogP contribution >= 0.6 is 11.3 Å². The number of carbonyl (C=O) groups is 3. The van der Waals surface area contributed by atoms with E-state index in [0.29, 0.717) is 11.1 Å². The molecular formula is C25H26N2O9S. The molecule has 1 N–H and O–H groups in total. The highest BCUT2D eigenvalue weighted by Crippen LogP contribution is 2.35. The molecule has 0 radical (unpaired) electrons. The number of carbonyl (C=O) groups excluding carboxylic acids is 3. The molecule has 0 spiro atoms. The molecule has 1 amide bonds. The number of hydrogen-bond donors (Lipinski definition) is 1. The number of ether oxygens (including phenoxy) is 3. The SMILES string of the molecule is CCOC(=O)c1sc(NC(=O)c2ccc(COc3ccc(C)cc3[N+](=O)[O-])o2)c(C(=O)OC(C)C)c1C. The molecule has 0 aliphatic carbocycles. The summed E-state index contributed by atoms with van der Waals surface area (Å²) >= 11 is 0.895. The van der Waals surface area contributed by atoms with E-state index in [1.54, 1.807) is 40.7 Å². The van der Waals surface area contributed by atoms with E-state index in [1.165, 1.54) is 24.3 Å². The van der Waals surface area contributed by atoms with Crippen molar-refractivity contribution >= 4 is 39.9 Å². The van der Waals surface area contributed by atoms with Crippen molar-refractivity contribution in [3.05, 3.63) is 73.5 Å². The number of nitro benzene ring substituents is 1. The predicted molar refractivity (Wildman–Crippen MR) is 134 cm³/mol. The minimum atomic E-state index is -0.692. The highest BCUT2D eigenvalue weighted by Gasteiger charge is 2.28. The lowest BCUT2D eigenvalue weighted by Crippen LogP contribution is -2.16. The monoisotopic (exact) mass is 530 g/mol.